The quantitative estimate of drug-likeness (QED) is 0.697. The van der Waals surface area contributed by atoms with Crippen LogP contribution in [0.5, 0.6) is 5.75 Å². The number of rotatable bonds is 9. The average Bonchev–Trinajstić information content (AvgIpc) is 2.66. The van der Waals surface area contributed by atoms with Gasteiger partial charge in [0.1, 0.15) is 12.3 Å². The second-order valence-corrected chi connectivity index (χ2v) is 8.87. The van der Waals surface area contributed by atoms with Crippen molar-refractivity contribution < 1.29 is 17.9 Å². The number of benzene rings is 2. The van der Waals surface area contributed by atoms with E-state index in [0.717, 1.165) is 27.4 Å². The van der Waals surface area contributed by atoms with Gasteiger partial charge in [-0.15, -0.1) is 0 Å². The average molecular weight is 405 g/mol. The summed E-state index contributed by atoms with van der Waals surface area (Å²) >= 11 is 0. The second kappa shape index (κ2) is 9.59. The molecule has 2 aromatic carbocycles. The number of nitrogens with one attached hydrogen (secondary N) is 1. The molecule has 152 valence electrons. The van der Waals surface area contributed by atoms with E-state index >= 15 is 0 Å². The first kappa shape index (κ1) is 21.8. The Morgan fingerprint density at radius 2 is 1.68 bits per heavy atom. The van der Waals surface area contributed by atoms with Crippen molar-refractivity contribution in [2.24, 2.45) is 0 Å². The highest BCUT2D eigenvalue weighted by Crippen LogP contribution is 2.21. The molecule has 28 heavy (non-hydrogen) atoms. The molecule has 0 bridgehead atoms. The Hall–Kier alpha value is -2.54. The summed E-state index contributed by atoms with van der Waals surface area (Å²) in [6.07, 6.45) is 1.76. The summed E-state index contributed by atoms with van der Waals surface area (Å²) in [5.41, 5.74) is 2.66. The molecule has 0 aliphatic heterocycles. The van der Waals surface area contributed by atoms with Crippen LogP contribution in [0.2, 0.25) is 0 Å². The first-order chi connectivity index (χ1) is 13.2. The third kappa shape index (κ3) is 6.27. The maximum Gasteiger partial charge on any atom is 0.240 e. The summed E-state index contributed by atoms with van der Waals surface area (Å²) in [6.45, 7) is 4.32. The van der Waals surface area contributed by atoms with Gasteiger partial charge in [0, 0.05) is 6.54 Å². The third-order valence-electron chi connectivity index (χ3n) is 4.43. The summed E-state index contributed by atoms with van der Waals surface area (Å²) in [6, 6.07) is 14.8. The molecule has 0 heterocycles. The number of anilines is 1. The van der Waals surface area contributed by atoms with Gasteiger partial charge in [0.2, 0.25) is 15.9 Å². The van der Waals surface area contributed by atoms with Crippen molar-refractivity contribution in [3.05, 3.63) is 59.7 Å². The predicted molar refractivity (Wildman–Crippen MR) is 112 cm³/mol. The van der Waals surface area contributed by atoms with Crippen molar-refractivity contribution in [1.82, 2.24) is 5.32 Å². The van der Waals surface area contributed by atoms with Gasteiger partial charge in [0.05, 0.1) is 19.1 Å². The minimum atomic E-state index is -3.57. The molecule has 2 rings (SSSR count). The number of hydrogen-bond donors (Lipinski definition) is 1. The second-order valence-electron chi connectivity index (χ2n) is 6.96. The van der Waals surface area contributed by atoms with Crippen LogP contribution in [-0.4, -0.2) is 40.8 Å². The van der Waals surface area contributed by atoms with Crippen LogP contribution in [0.25, 0.3) is 0 Å². The predicted octanol–water partition coefficient (Wildman–Crippen LogP) is 2.94. The highest BCUT2D eigenvalue weighted by molar-refractivity contribution is 7.92. The van der Waals surface area contributed by atoms with Gasteiger partial charge in [-0.25, -0.2) is 8.42 Å². The molecule has 0 fully saturated rings. The number of carbonyl (C=O) groups excluding carboxylic acids is 1. The number of carbonyl (C=O) groups is 1. The highest BCUT2D eigenvalue weighted by Gasteiger charge is 2.20. The van der Waals surface area contributed by atoms with E-state index in [-0.39, 0.29) is 12.5 Å². The standard InChI is InChI=1S/C21H28N2O4S/c1-16(2)18-7-9-19(10-8-18)23(28(4,25)26)15-21(24)22-14-13-17-5-11-20(27-3)12-6-17/h5-12,16H,13-15H2,1-4H3,(H,22,24). The van der Waals surface area contributed by atoms with Crippen molar-refractivity contribution in [2.45, 2.75) is 26.2 Å². The molecule has 7 heteroatoms. The number of hydrogen-bond acceptors (Lipinski definition) is 4. The first-order valence-electron chi connectivity index (χ1n) is 9.18. The molecule has 0 aliphatic rings. The highest BCUT2D eigenvalue weighted by atomic mass is 32.2. The molecule has 0 atom stereocenters. The lowest BCUT2D eigenvalue weighted by atomic mass is 10.0. The maximum absolute atomic E-state index is 12.3. The molecule has 0 radical (unpaired) electrons. The van der Waals surface area contributed by atoms with Gasteiger partial charge >= 0.3 is 0 Å². The third-order valence-corrected chi connectivity index (χ3v) is 5.57. The molecule has 1 amide bonds. The maximum atomic E-state index is 12.3. The molecular formula is C21H28N2O4S. The van der Waals surface area contributed by atoms with E-state index in [4.69, 9.17) is 4.74 Å². The van der Waals surface area contributed by atoms with Crippen LogP contribution in [0.4, 0.5) is 5.69 Å². The molecule has 0 saturated carbocycles. The van der Waals surface area contributed by atoms with Crippen LogP contribution in [0.3, 0.4) is 0 Å². The van der Waals surface area contributed by atoms with Crippen molar-refractivity contribution in [3.63, 3.8) is 0 Å². The number of methoxy groups -OCH3 is 1. The van der Waals surface area contributed by atoms with Crippen molar-refractivity contribution >= 4 is 21.6 Å². The van der Waals surface area contributed by atoms with Crippen molar-refractivity contribution in [1.29, 1.82) is 0 Å². The van der Waals surface area contributed by atoms with Gasteiger partial charge in [0.25, 0.3) is 0 Å². The van der Waals surface area contributed by atoms with Gasteiger partial charge < -0.3 is 10.1 Å². The normalized spacial score (nSPS) is 11.3. The van der Waals surface area contributed by atoms with E-state index in [1.807, 2.05) is 36.4 Å². The van der Waals surface area contributed by atoms with Crippen LogP contribution in [0.1, 0.15) is 30.9 Å². The Morgan fingerprint density at radius 3 is 2.18 bits per heavy atom. The molecule has 2 aromatic rings. The van der Waals surface area contributed by atoms with Gasteiger partial charge in [-0.3, -0.25) is 9.10 Å². The lowest BCUT2D eigenvalue weighted by Gasteiger charge is -2.22. The minimum absolute atomic E-state index is 0.248. The topological polar surface area (TPSA) is 75.7 Å². The SMILES string of the molecule is COc1ccc(CCNC(=O)CN(c2ccc(C(C)C)cc2)S(C)(=O)=O)cc1. The largest absolute Gasteiger partial charge is 0.497 e. The fraction of sp³-hybridized carbons (Fsp3) is 0.381. The van der Waals surface area contributed by atoms with Gasteiger partial charge in [-0.05, 0) is 47.7 Å². The number of nitrogens with zero attached hydrogens (tertiary/aromatic N) is 1. The number of sulfonamides is 1. The summed E-state index contributed by atoms with van der Waals surface area (Å²) < 4.78 is 30.6. The Balaban J connectivity index is 1.97. The number of amides is 1. The van der Waals surface area contributed by atoms with E-state index in [1.165, 1.54) is 0 Å². The van der Waals surface area contributed by atoms with Crippen molar-refractivity contribution in [3.8, 4) is 5.75 Å². The lowest BCUT2D eigenvalue weighted by Crippen LogP contribution is -2.40. The van der Waals surface area contributed by atoms with Crippen LogP contribution in [0, 0.1) is 0 Å². The minimum Gasteiger partial charge on any atom is -0.497 e. The molecule has 0 unspecified atom stereocenters. The summed E-state index contributed by atoms with van der Waals surface area (Å²) in [7, 11) is -1.96. The lowest BCUT2D eigenvalue weighted by molar-refractivity contribution is -0.119. The van der Waals surface area contributed by atoms with E-state index in [2.05, 4.69) is 19.2 Å². The van der Waals surface area contributed by atoms with Gasteiger partial charge in [0.15, 0.2) is 0 Å². The zero-order chi connectivity index (χ0) is 20.7. The van der Waals surface area contributed by atoms with E-state index in [0.29, 0.717) is 24.6 Å². The molecule has 0 saturated heterocycles. The molecule has 0 aromatic heterocycles. The van der Waals surface area contributed by atoms with Crippen LogP contribution in [0.15, 0.2) is 48.5 Å². The Labute approximate surface area is 167 Å². The summed E-state index contributed by atoms with van der Waals surface area (Å²) in [5, 5.41) is 2.79. The van der Waals surface area contributed by atoms with Crippen LogP contribution in [-0.2, 0) is 21.2 Å². The molecule has 0 spiro atoms. The van der Waals surface area contributed by atoms with Gasteiger partial charge in [-0.2, -0.15) is 0 Å². The van der Waals surface area contributed by atoms with E-state index in [1.54, 1.807) is 19.2 Å². The molecule has 6 nitrogen and oxygen atoms in total. The Morgan fingerprint density at radius 1 is 1.07 bits per heavy atom. The first-order valence-corrected chi connectivity index (χ1v) is 11.0. The molecule has 0 aliphatic carbocycles. The molecular weight excluding hydrogens is 376 g/mol. The van der Waals surface area contributed by atoms with Crippen LogP contribution < -0.4 is 14.4 Å². The fourth-order valence-electron chi connectivity index (χ4n) is 2.75. The zero-order valence-corrected chi connectivity index (χ0v) is 17.6. The Bertz CT molecular complexity index is 876. The smallest absolute Gasteiger partial charge is 0.240 e. The van der Waals surface area contributed by atoms with E-state index < -0.39 is 10.0 Å². The monoisotopic (exact) mass is 404 g/mol. The Kier molecular flexibility index (Phi) is 7.45. The van der Waals surface area contributed by atoms with E-state index in [9.17, 15) is 13.2 Å². The summed E-state index contributed by atoms with van der Waals surface area (Å²) in [5.74, 6) is 0.786. The number of ether oxygens (including phenoxy) is 1. The fourth-order valence-corrected chi connectivity index (χ4v) is 3.61. The zero-order valence-electron chi connectivity index (χ0n) is 16.8. The molecule has 1 N–H and O–H groups in total. The van der Waals surface area contributed by atoms with Gasteiger partial charge in [-0.1, -0.05) is 38.1 Å². The van der Waals surface area contributed by atoms with Crippen molar-refractivity contribution in [2.75, 3.05) is 30.8 Å². The van der Waals surface area contributed by atoms with Crippen LogP contribution >= 0.6 is 0 Å². The summed E-state index contributed by atoms with van der Waals surface area (Å²) in [4.78, 5) is 12.3.